The third kappa shape index (κ3) is 2.21. The summed E-state index contributed by atoms with van der Waals surface area (Å²) in [4.78, 5) is 32.4. The Morgan fingerprint density at radius 2 is 2.00 bits per heavy atom. The third-order valence-electron chi connectivity index (χ3n) is 2.83. The second-order valence-electron chi connectivity index (χ2n) is 3.88. The van der Waals surface area contributed by atoms with Gasteiger partial charge < -0.3 is 4.90 Å². The van der Waals surface area contributed by atoms with E-state index in [0.717, 1.165) is 25.9 Å². The Labute approximate surface area is 92.0 Å². The first-order chi connectivity index (χ1) is 7.69. The predicted octanol–water partition coefficient (Wildman–Crippen LogP) is -0.139. The van der Waals surface area contributed by atoms with Crippen molar-refractivity contribution in [3.8, 4) is 0 Å². The van der Waals surface area contributed by atoms with Crippen LogP contribution in [-0.4, -0.2) is 28.0 Å². The Hall–Kier alpha value is -1.85. The number of nitrogens with zero attached hydrogens (tertiary/aromatic N) is 2. The van der Waals surface area contributed by atoms with E-state index in [1.54, 1.807) is 0 Å². The topological polar surface area (TPSA) is 81.8 Å². The van der Waals surface area contributed by atoms with Crippen LogP contribution in [0, 0.1) is 5.92 Å². The van der Waals surface area contributed by atoms with E-state index in [1.165, 1.54) is 0 Å². The Balaban J connectivity index is 2.17. The molecule has 0 amide bonds. The smallest absolute Gasteiger partial charge is 0.342 e. The summed E-state index contributed by atoms with van der Waals surface area (Å²) >= 11 is 0. The molecule has 0 aliphatic carbocycles. The number of piperidine rings is 1. The molecule has 86 valence electrons. The average Bonchev–Trinajstić information content (AvgIpc) is 2.28. The van der Waals surface area contributed by atoms with Gasteiger partial charge in [-0.25, -0.2) is 9.59 Å². The highest BCUT2D eigenvalue weighted by molar-refractivity contribution is 5.28. The summed E-state index contributed by atoms with van der Waals surface area (Å²) < 4.78 is 0. The molecular formula is C10H14N4O2. The molecule has 2 N–H and O–H groups in total. The van der Waals surface area contributed by atoms with Crippen LogP contribution in [0.5, 0.6) is 0 Å². The molecule has 16 heavy (non-hydrogen) atoms. The minimum absolute atomic E-state index is 0.358. The molecule has 0 radical (unpaired) electrons. The standard InChI is InChI=1S/C10H14N4O2/c1-2-7-3-5-14(6-4-7)8-11-9(15)13-10(16)12-8/h2,7H,1,3-6H2,(H2,11,12,13,15,16). The van der Waals surface area contributed by atoms with Crippen LogP contribution in [0.25, 0.3) is 0 Å². The molecule has 6 heteroatoms. The minimum atomic E-state index is -0.607. The van der Waals surface area contributed by atoms with Crippen molar-refractivity contribution in [2.75, 3.05) is 18.0 Å². The van der Waals surface area contributed by atoms with Gasteiger partial charge in [0.25, 0.3) is 0 Å². The molecule has 0 bridgehead atoms. The number of nitrogens with one attached hydrogen (secondary N) is 2. The summed E-state index contributed by atoms with van der Waals surface area (Å²) in [6.07, 6.45) is 3.89. The van der Waals surface area contributed by atoms with Crippen LogP contribution in [0.3, 0.4) is 0 Å². The van der Waals surface area contributed by atoms with Crippen molar-refractivity contribution >= 4 is 5.95 Å². The van der Waals surface area contributed by atoms with Gasteiger partial charge in [0.2, 0.25) is 5.95 Å². The third-order valence-corrected chi connectivity index (χ3v) is 2.83. The molecule has 0 atom stereocenters. The van der Waals surface area contributed by atoms with E-state index in [2.05, 4.69) is 16.5 Å². The predicted molar refractivity (Wildman–Crippen MR) is 60.6 cm³/mol. The Morgan fingerprint density at radius 1 is 1.31 bits per heavy atom. The first kappa shape index (κ1) is 10.7. The second kappa shape index (κ2) is 4.34. The number of H-pyrrole nitrogens is 2. The molecule has 1 aliphatic heterocycles. The van der Waals surface area contributed by atoms with Gasteiger partial charge in [0.15, 0.2) is 0 Å². The monoisotopic (exact) mass is 222 g/mol. The van der Waals surface area contributed by atoms with Crippen molar-refractivity contribution in [3.05, 3.63) is 33.6 Å². The van der Waals surface area contributed by atoms with Gasteiger partial charge in [-0.2, -0.15) is 4.98 Å². The summed E-state index contributed by atoms with van der Waals surface area (Å²) in [7, 11) is 0. The van der Waals surface area contributed by atoms with Crippen LogP contribution in [0.15, 0.2) is 22.2 Å². The fourth-order valence-electron chi connectivity index (χ4n) is 1.88. The van der Waals surface area contributed by atoms with Crippen molar-refractivity contribution in [2.45, 2.75) is 12.8 Å². The molecule has 2 heterocycles. The van der Waals surface area contributed by atoms with Crippen LogP contribution in [-0.2, 0) is 0 Å². The maximum absolute atomic E-state index is 11.1. The lowest BCUT2D eigenvalue weighted by Crippen LogP contribution is -2.38. The summed E-state index contributed by atoms with van der Waals surface area (Å²) in [5, 5.41) is 0. The number of allylic oxidation sites excluding steroid dienone is 1. The van der Waals surface area contributed by atoms with E-state index < -0.39 is 11.4 Å². The van der Waals surface area contributed by atoms with Gasteiger partial charge in [-0.3, -0.25) is 9.97 Å². The number of aromatic nitrogens is 3. The lowest BCUT2D eigenvalue weighted by atomic mass is 9.97. The Bertz CT molecular complexity index is 454. The summed E-state index contributed by atoms with van der Waals surface area (Å²) in [6.45, 7) is 5.33. The fourth-order valence-corrected chi connectivity index (χ4v) is 1.88. The summed E-state index contributed by atoms with van der Waals surface area (Å²) in [5.74, 6) is 0.876. The Kier molecular flexibility index (Phi) is 2.89. The lowest BCUT2D eigenvalue weighted by Gasteiger charge is -2.30. The van der Waals surface area contributed by atoms with Crippen molar-refractivity contribution < 1.29 is 0 Å². The summed E-state index contributed by atoms with van der Waals surface area (Å²) in [6, 6.07) is 0. The molecule has 0 aromatic carbocycles. The second-order valence-corrected chi connectivity index (χ2v) is 3.88. The molecule has 0 unspecified atom stereocenters. The van der Waals surface area contributed by atoms with Crippen molar-refractivity contribution in [1.29, 1.82) is 0 Å². The maximum Gasteiger partial charge on any atom is 0.352 e. The first-order valence-electron chi connectivity index (χ1n) is 5.27. The molecule has 0 spiro atoms. The van der Waals surface area contributed by atoms with Crippen molar-refractivity contribution in [2.24, 2.45) is 5.92 Å². The largest absolute Gasteiger partial charge is 0.352 e. The SMILES string of the molecule is C=CC1CCN(c2nc(=O)[nH]c(=O)[nH]2)CC1. The van der Waals surface area contributed by atoms with Crippen LogP contribution in [0.1, 0.15) is 12.8 Å². The zero-order chi connectivity index (χ0) is 11.5. The van der Waals surface area contributed by atoms with E-state index in [0.29, 0.717) is 11.9 Å². The minimum Gasteiger partial charge on any atom is -0.342 e. The van der Waals surface area contributed by atoms with Gasteiger partial charge in [0, 0.05) is 13.1 Å². The molecule has 1 fully saturated rings. The molecule has 0 saturated carbocycles. The zero-order valence-electron chi connectivity index (χ0n) is 8.90. The molecule has 6 nitrogen and oxygen atoms in total. The number of hydrogen-bond donors (Lipinski definition) is 2. The van der Waals surface area contributed by atoms with Gasteiger partial charge in [0.05, 0.1) is 0 Å². The quantitative estimate of drug-likeness (QED) is 0.682. The van der Waals surface area contributed by atoms with E-state index in [4.69, 9.17) is 0 Å². The lowest BCUT2D eigenvalue weighted by molar-refractivity contribution is 0.473. The first-order valence-corrected chi connectivity index (χ1v) is 5.27. The molecule has 1 aliphatic rings. The van der Waals surface area contributed by atoms with E-state index in [9.17, 15) is 9.59 Å². The van der Waals surface area contributed by atoms with Gasteiger partial charge in [-0.15, -0.1) is 6.58 Å². The van der Waals surface area contributed by atoms with Gasteiger partial charge in [-0.05, 0) is 18.8 Å². The highest BCUT2D eigenvalue weighted by Crippen LogP contribution is 2.19. The number of rotatable bonds is 2. The molecular weight excluding hydrogens is 208 g/mol. The fraction of sp³-hybridized carbons (Fsp3) is 0.500. The maximum atomic E-state index is 11.1. The van der Waals surface area contributed by atoms with Crippen molar-refractivity contribution in [3.63, 3.8) is 0 Å². The number of aromatic amines is 2. The van der Waals surface area contributed by atoms with E-state index in [1.807, 2.05) is 16.0 Å². The Morgan fingerprint density at radius 3 is 2.56 bits per heavy atom. The van der Waals surface area contributed by atoms with Crippen molar-refractivity contribution in [1.82, 2.24) is 15.0 Å². The number of anilines is 1. The summed E-state index contributed by atoms with van der Waals surface area (Å²) in [5.41, 5.74) is -1.12. The van der Waals surface area contributed by atoms with Crippen LogP contribution in [0.4, 0.5) is 5.95 Å². The van der Waals surface area contributed by atoms with Crippen LogP contribution < -0.4 is 16.3 Å². The molecule has 1 saturated heterocycles. The van der Waals surface area contributed by atoms with Gasteiger partial charge >= 0.3 is 11.4 Å². The average molecular weight is 222 g/mol. The molecule has 2 rings (SSSR count). The van der Waals surface area contributed by atoms with Gasteiger partial charge in [0.1, 0.15) is 0 Å². The van der Waals surface area contributed by atoms with Gasteiger partial charge in [-0.1, -0.05) is 6.08 Å². The highest BCUT2D eigenvalue weighted by Gasteiger charge is 2.18. The van der Waals surface area contributed by atoms with Crippen LogP contribution in [0.2, 0.25) is 0 Å². The molecule has 1 aromatic heterocycles. The molecule has 1 aromatic rings. The van der Waals surface area contributed by atoms with Crippen LogP contribution >= 0.6 is 0 Å². The number of hydrogen-bond acceptors (Lipinski definition) is 4. The van der Waals surface area contributed by atoms with E-state index >= 15 is 0 Å². The normalized spacial score (nSPS) is 17.4. The highest BCUT2D eigenvalue weighted by atomic mass is 16.2. The zero-order valence-corrected chi connectivity index (χ0v) is 8.90. The van der Waals surface area contributed by atoms with E-state index in [-0.39, 0.29) is 0 Å².